The number of likely N-dealkylation sites (N-methyl/N-ethyl adjacent to an activating group) is 1. The maximum atomic E-state index is 11.9. The van der Waals surface area contributed by atoms with Gasteiger partial charge in [-0.1, -0.05) is 6.07 Å². The van der Waals surface area contributed by atoms with Crippen LogP contribution in [0.15, 0.2) is 18.2 Å². The second-order valence-corrected chi connectivity index (χ2v) is 3.91. The molecule has 0 unspecified atom stereocenters. The first-order valence-electron chi connectivity index (χ1n) is 5.84. The Balaban J connectivity index is 2.77. The predicted octanol–water partition coefficient (Wildman–Crippen LogP) is 0.912. The van der Waals surface area contributed by atoms with Gasteiger partial charge < -0.3 is 20.1 Å². The highest BCUT2D eigenvalue weighted by atomic mass is 16.5. The number of hydrogen-bond donors (Lipinski definition) is 1. The Morgan fingerprint density at radius 1 is 1.37 bits per heavy atom. The van der Waals surface area contributed by atoms with Crippen LogP contribution in [0.25, 0.3) is 0 Å². The van der Waals surface area contributed by atoms with Crippen molar-refractivity contribution in [1.29, 1.82) is 0 Å². The van der Waals surface area contributed by atoms with Crippen LogP contribution < -0.4 is 10.5 Å². The minimum atomic E-state index is -0.673. The van der Waals surface area contributed by atoms with E-state index >= 15 is 0 Å². The molecule has 2 N–H and O–H groups in total. The minimum absolute atomic E-state index is 0.136. The summed E-state index contributed by atoms with van der Waals surface area (Å²) in [4.78, 5) is 24.9. The normalized spacial score (nSPS) is 9.84. The van der Waals surface area contributed by atoms with E-state index in [1.165, 1.54) is 12.0 Å². The van der Waals surface area contributed by atoms with Crippen LogP contribution >= 0.6 is 0 Å². The van der Waals surface area contributed by atoms with E-state index in [4.69, 9.17) is 15.2 Å². The number of methoxy groups -OCH3 is 1. The molecule has 19 heavy (non-hydrogen) atoms. The highest BCUT2D eigenvalue weighted by Gasteiger charge is 2.19. The number of esters is 1. The minimum Gasteiger partial charge on any atom is -0.496 e. The van der Waals surface area contributed by atoms with Crippen molar-refractivity contribution >= 4 is 17.6 Å². The van der Waals surface area contributed by atoms with Crippen molar-refractivity contribution in [3.05, 3.63) is 23.8 Å². The largest absolute Gasteiger partial charge is 0.496 e. The lowest BCUT2D eigenvalue weighted by Crippen LogP contribution is -2.31. The molecule has 0 spiro atoms. The molecule has 0 saturated carbocycles. The fourth-order valence-electron chi connectivity index (χ4n) is 1.42. The zero-order valence-electron chi connectivity index (χ0n) is 11.3. The van der Waals surface area contributed by atoms with Crippen LogP contribution in [0.4, 0.5) is 5.69 Å². The Labute approximate surface area is 112 Å². The van der Waals surface area contributed by atoms with Gasteiger partial charge in [0, 0.05) is 19.3 Å². The SMILES string of the molecule is CCN(C)C(=O)COC(=O)c1c(N)cccc1OC. The zero-order chi connectivity index (χ0) is 14.4. The number of hydrogen-bond acceptors (Lipinski definition) is 5. The molecule has 0 bridgehead atoms. The number of nitrogens with zero attached hydrogens (tertiary/aromatic N) is 1. The van der Waals surface area contributed by atoms with Gasteiger partial charge in [0.25, 0.3) is 5.91 Å². The van der Waals surface area contributed by atoms with E-state index in [0.29, 0.717) is 12.3 Å². The first-order valence-corrected chi connectivity index (χ1v) is 5.84. The fraction of sp³-hybridized carbons (Fsp3) is 0.385. The molecule has 0 aliphatic carbocycles. The molecular weight excluding hydrogens is 248 g/mol. The summed E-state index contributed by atoms with van der Waals surface area (Å²) in [6.07, 6.45) is 0. The summed E-state index contributed by atoms with van der Waals surface area (Å²) in [6, 6.07) is 4.84. The van der Waals surface area contributed by atoms with Crippen molar-refractivity contribution in [2.45, 2.75) is 6.92 Å². The molecule has 0 aromatic heterocycles. The fourth-order valence-corrected chi connectivity index (χ4v) is 1.42. The van der Waals surface area contributed by atoms with Gasteiger partial charge in [0.15, 0.2) is 6.61 Å². The van der Waals surface area contributed by atoms with Crippen molar-refractivity contribution < 1.29 is 19.1 Å². The number of carbonyl (C=O) groups excluding carboxylic acids is 2. The second kappa shape index (κ2) is 6.63. The number of nitrogen functional groups attached to an aromatic ring is 1. The third-order valence-electron chi connectivity index (χ3n) is 2.71. The predicted molar refractivity (Wildman–Crippen MR) is 71.0 cm³/mol. The van der Waals surface area contributed by atoms with Gasteiger partial charge in [0.2, 0.25) is 0 Å². The van der Waals surface area contributed by atoms with Gasteiger partial charge in [0.05, 0.1) is 7.11 Å². The summed E-state index contributed by atoms with van der Waals surface area (Å²) in [5.41, 5.74) is 6.10. The number of amides is 1. The average molecular weight is 266 g/mol. The topological polar surface area (TPSA) is 81.9 Å². The Morgan fingerprint density at radius 2 is 2.05 bits per heavy atom. The molecule has 1 aromatic carbocycles. The zero-order valence-corrected chi connectivity index (χ0v) is 11.3. The Hall–Kier alpha value is -2.24. The Morgan fingerprint density at radius 3 is 2.63 bits per heavy atom. The molecule has 0 aliphatic heterocycles. The van der Waals surface area contributed by atoms with Crippen LogP contribution in [0.1, 0.15) is 17.3 Å². The van der Waals surface area contributed by atoms with Crippen LogP contribution in [0.2, 0.25) is 0 Å². The van der Waals surface area contributed by atoms with E-state index < -0.39 is 5.97 Å². The maximum absolute atomic E-state index is 11.9. The van der Waals surface area contributed by atoms with E-state index in [9.17, 15) is 9.59 Å². The quantitative estimate of drug-likeness (QED) is 0.633. The van der Waals surface area contributed by atoms with E-state index in [1.807, 2.05) is 6.92 Å². The third kappa shape index (κ3) is 3.61. The third-order valence-corrected chi connectivity index (χ3v) is 2.71. The molecule has 6 heteroatoms. The van der Waals surface area contributed by atoms with Crippen LogP contribution in [0, 0.1) is 0 Å². The molecule has 0 aliphatic rings. The van der Waals surface area contributed by atoms with E-state index in [2.05, 4.69) is 0 Å². The summed E-state index contributed by atoms with van der Waals surface area (Å²) in [5.74, 6) is -0.626. The van der Waals surface area contributed by atoms with Crippen molar-refractivity contribution in [2.24, 2.45) is 0 Å². The molecular formula is C13H18N2O4. The number of carbonyl (C=O) groups is 2. The van der Waals surface area contributed by atoms with Gasteiger partial charge in [-0.05, 0) is 19.1 Å². The summed E-state index contributed by atoms with van der Waals surface area (Å²) < 4.78 is 9.99. The molecule has 1 rings (SSSR count). The highest BCUT2D eigenvalue weighted by molar-refractivity contribution is 5.99. The molecule has 0 saturated heterocycles. The van der Waals surface area contributed by atoms with Crippen molar-refractivity contribution in [1.82, 2.24) is 4.90 Å². The smallest absolute Gasteiger partial charge is 0.344 e. The molecule has 0 heterocycles. The molecule has 0 fully saturated rings. The van der Waals surface area contributed by atoms with Crippen molar-refractivity contribution in [3.8, 4) is 5.75 Å². The van der Waals surface area contributed by atoms with Crippen molar-refractivity contribution in [2.75, 3.05) is 33.0 Å². The lowest BCUT2D eigenvalue weighted by molar-refractivity contribution is -0.133. The molecule has 1 amide bonds. The number of rotatable bonds is 5. The molecule has 1 aromatic rings. The van der Waals surface area contributed by atoms with Crippen LogP contribution in [-0.4, -0.2) is 44.1 Å². The molecule has 104 valence electrons. The van der Waals surface area contributed by atoms with Gasteiger partial charge in [0.1, 0.15) is 11.3 Å². The first-order chi connectivity index (χ1) is 9.01. The Kier molecular flexibility index (Phi) is 5.17. The monoisotopic (exact) mass is 266 g/mol. The van der Waals surface area contributed by atoms with Gasteiger partial charge in [-0.25, -0.2) is 4.79 Å². The molecule has 0 atom stereocenters. The first kappa shape index (κ1) is 14.8. The van der Waals surface area contributed by atoms with Crippen LogP contribution in [-0.2, 0) is 9.53 Å². The number of ether oxygens (including phenoxy) is 2. The van der Waals surface area contributed by atoms with E-state index in [-0.39, 0.29) is 23.8 Å². The lowest BCUT2D eigenvalue weighted by Gasteiger charge is -2.15. The number of benzene rings is 1. The van der Waals surface area contributed by atoms with E-state index in [1.54, 1.807) is 25.2 Å². The summed E-state index contributed by atoms with van der Waals surface area (Å²) in [5, 5.41) is 0. The van der Waals surface area contributed by atoms with Crippen LogP contribution in [0.3, 0.4) is 0 Å². The van der Waals surface area contributed by atoms with Gasteiger partial charge in [-0.2, -0.15) is 0 Å². The van der Waals surface area contributed by atoms with Gasteiger partial charge in [-0.15, -0.1) is 0 Å². The second-order valence-electron chi connectivity index (χ2n) is 3.91. The standard InChI is InChI=1S/C13H18N2O4/c1-4-15(2)11(16)8-19-13(17)12-9(14)6-5-7-10(12)18-3/h5-7H,4,8,14H2,1-3H3. The van der Waals surface area contributed by atoms with E-state index in [0.717, 1.165) is 0 Å². The number of nitrogens with two attached hydrogens (primary N) is 1. The van der Waals surface area contributed by atoms with Crippen LogP contribution in [0.5, 0.6) is 5.75 Å². The average Bonchev–Trinajstić information content (AvgIpc) is 2.42. The summed E-state index contributed by atoms with van der Waals surface area (Å²) in [7, 11) is 3.06. The summed E-state index contributed by atoms with van der Waals surface area (Å²) >= 11 is 0. The summed E-state index contributed by atoms with van der Waals surface area (Å²) in [6.45, 7) is 2.06. The van der Waals surface area contributed by atoms with Gasteiger partial charge in [-0.3, -0.25) is 4.79 Å². The van der Waals surface area contributed by atoms with Crippen molar-refractivity contribution in [3.63, 3.8) is 0 Å². The van der Waals surface area contributed by atoms with Gasteiger partial charge >= 0.3 is 5.97 Å². The Bertz CT molecular complexity index is 474. The maximum Gasteiger partial charge on any atom is 0.344 e. The number of anilines is 1. The lowest BCUT2D eigenvalue weighted by atomic mass is 10.1. The highest BCUT2D eigenvalue weighted by Crippen LogP contribution is 2.24. The molecule has 0 radical (unpaired) electrons. The molecule has 6 nitrogen and oxygen atoms in total.